The van der Waals surface area contributed by atoms with E-state index in [1.165, 1.54) is 26.4 Å². The molecule has 1 saturated carbocycles. The molecular formula is C12H23NO4S. The van der Waals surface area contributed by atoms with Gasteiger partial charge in [-0.3, -0.25) is 0 Å². The lowest BCUT2D eigenvalue weighted by molar-refractivity contribution is -0.0545. The van der Waals surface area contributed by atoms with E-state index in [0.29, 0.717) is 25.6 Å². The van der Waals surface area contributed by atoms with Crippen molar-refractivity contribution >= 4 is 10.0 Å². The molecule has 0 aromatic heterocycles. The highest BCUT2D eigenvalue weighted by Crippen LogP contribution is 2.33. The number of rotatable bonds is 5. The van der Waals surface area contributed by atoms with Gasteiger partial charge in [0.1, 0.15) is 0 Å². The van der Waals surface area contributed by atoms with Crippen molar-refractivity contribution in [2.24, 2.45) is 5.92 Å². The zero-order chi connectivity index (χ0) is 13.2. The largest absolute Gasteiger partial charge is 0.383 e. The number of sulfonamides is 1. The van der Waals surface area contributed by atoms with Crippen LogP contribution in [0.5, 0.6) is 0 Å². The maximum atomic E-state index is 12.3. The van der Waals surface area contributed by atoms with Crippen molar-refractivity contribution in [1.29, 1.82) is 0 Å². The standard InChI is InChI=1S/C12H23NO4S/c1-10(9-16-2)18(14,15)13-6-7-17-12(8-13)11-4-3-5-11/h10-12H,3-9H2,1-2H3. The summed E-state index contributed by atoms with van der Waals surface area (Å²) in [6, 6.07) is 0. The van der Waals surface area contributed by atoms with Gasteiger partial charge >= 0.3 is 0 Å². The second-order valence-corrected chi connectivity index (χ2v) is 7.62. The van der Waals surface area contributed by atoms with Crippen LogP contribution in [0, 0.1) is 5.92 Å². The molecule has 1 aliphatic heterocycles. The van der Waals surface area contributed by atoms with Crippen molar-refractivity contribution in [3.8, 4) is 0 Å². The Hall–Kier alpha value is -0.170. The molecule has 1 aliphatic carbocycles. The Morgan fingerprint density at radius 3 is 2.72 bits per heavy atom. The van der Waals surface area contributed by atoms with E-state index in [9.17, 15) is 8.42 Å². The average Bonchev–Trinajstić information content (AvgIpc) is 2.27. The molecule has 0 bridgehead atoms. The van der Waals surface area contributed by atoms with Crippen LogP contribution in [-0.4, -0.2) is 57.5 Å². The number of methoxy groups -OCH3 is 1. The Bertz CT molecular complexity index is 366. The minimum absolute atomic E-state index is 0.0945. The summed E-state index contributed by atoms with van der Waals surface area (Å²) in [6.07, 6.45) is 3.69. The van der Waals surface area contributed by atoms with Gasteiger partial charge in [-0.25, -0.2) is 8.42 Å². The lowest BCUT2D eigenvalue weighted by atomic mass is 9.81. The molecule has 0 radical (unpaired) electrons. The molecule has 2 fully saturated rings. The van der Waals surface area contributed by atoms with E-state index in [0.717, 1.165) is 0 Å². The number of morpholine rings is 1. The Balaban J connectivity index is 1.98. The van der Waals surface area contributed by atoms with Crippen molar-refractivity contribution in [3.63, 3.8) is 0 Å². The van der Waals surface area contributed by atoms with E-state index in [1.807, 2.05) is 0 Å². The first-order chi connectivity index (χ1) is 8.55. The molecule has 106 valence electrons. The first kappa shape index (κ1) is 14.2. The molecule has 5 nitrogen and oxygen atoms in total. The summed E-state index contributed by atoms with van der Waals surface area (Å²) in [5.41, 5.74) is 0. The molecule has 6 heteroatoms. The van der Waals surface area contributed by atoms with E-state index in [2.05, 4.69) is 0 Å². The van der Waals surface area contributed by atoms with E-state index in [1.54, 1.807) is 11.2 Å². The summed E-state index contributed by atoms with van der Waals surface area (Å²) in [7, 11) is -1.72. The molecule has 18 heavy (non-hydrogen) atoms. The van der Waals surface area contributed by atoms with Crippen LogP contribution in [-0.2, 0) is 19.5 Å². The Morgan fingerprint density at radius 2 is 2.17 bits per heavy atom. The fourth-order valence-corrected chi connectivity index (χ4v) is 4.05. The third-order valence-electron chi connectivity index (χ3n) is 4.00. The maximum absolute atomic E-state index is 12.3. The monoisotopic (exact) mass is 277 g/mol. The summed E-state index contributed by atoms with van der Waals surface area (Å²) in [5, 5.41) is -0.484. The van der Waals surface area contributed by atoms with Gasteiger partial charge in [0.05, 0.1) is 24.6 Å². The minimum atomic E-state index is -3.25. The van der Waals surface area contributed by atoms with E-state index < -0.39 is 15.3 Å². The summed E-state index contributed by atoms with van der Waals surface area (Å²) in [4.78, 5) is 0. The van der Waals surface area contributed by atoms with Crippen molar-refractivity contribution in [2.75, 3.05) is 33.4 Å². The molecule has 1 heterocycles. The first-order valence-electron chi connectivity index (χ1n) is 6.65. The Kier molecular flexibility index (Phi) is 4.64. The van der Waals surface area contributed by atoms with Gasteiger partial charge in [-0.2, -0.15) is 4.31 Å². The predicted molar refractivity (Wildman–Crippen MR) is 68.9 cm³/mol. The van der Waals surface area contributed by atoms with Crippen molar-refractivity contribution < 1.29 is 17.9 Å². The van der Waals surface area contributed by atoms with E-state index >= 15 is 0 Å². The molecular weight excluding hydrogens is 254 g/mol. The molecule has 2 unspecified atom stereocenters. The van der Waals surface area contributed by atoms with Gasteiger partial charge < -0.3 is 9.47 Å². The molecule has 0 N–H and O–H groups in total. The number of nitrogens with zero attached hydrogens (tertiary/aromatic N) is 1. The summed E-state index contributed by atoms with van der Waals surface area (Å²) >= 11 is 0. The Labute approximate surface area is 109 Å². The smallest absolute Gasteiger partial charge is 0.219 e. The molecule has 0 amide bonds. The van der Waals surface area contributed by atoms with Gasteiger partial charge in [-0.1, -0.05) is 6.42 Å². The average molecular weight is 277 g/mol. The SMILES string of the molecule is COCC(C)S(=O)(=O)N1CCOC(C2CCC2)C1. The zero-order valence-electron chi connectivity index (χ0n) is 11.2. The van der Waals surface area contributed by atoms with Crippen LogP contribution in [0.2, 0.25) is 0 Å². The maximum Gasteiger partial charge on any atom is 0.219 e. The lowest BCUT2D eigenvalue weighted by Gasteiger charge is -2.40. The first-order valence-corrected chi connectivity index (χ1v) is 8.15. The number of hydrogen-bond donors (Lipinski definition) is 0. The number of hydrogen-bond acceptors (Lipinski definition) is 4. The van der Waals surface area contributed by atoms with Gasteiger partial charge in [-0.15, -0.1) is 0 Å². The van der Waals surface area contributed by atoms with Gasteiger partial charge in [0.2, 0.25) is 10.0 Å². The molecule has 0 spiro atoms. The van der Waals surface area contributed by atoms with Crippen LogP contribution in [0.3, 0.4) is 0 Å². The van der Waals surface area contributed by atoms with Gasteiger partial charge in [0.15, 0.2) is 0 Å². The third-order valence-corrected chi connectivity index (χ3v) is 6.21. The van der Waals surface area contributed by atoms with Crippen molar-refractivity contribution in [1.82, 2.24) is 4.31 Å². The molecule has 2 rings (SSSR count). The van der Waals surface area contributed by atoms with E-state index in [4.69, 9.17) is 9.47 Å². The van der Waals surface area contributed by atoms with Gasteiger partial charge in [0.25, 0.3) is 0 Å². The van der Waals surface area contributed by atoms with Crippen LogP contribution in [0.4, 0.5) is 0 Å². The Morgan fingerprint density at radius 1 is 1.44 bits per heavy atom. The highest BCUT2D eigenvalue weighted by atomic mass is 32.2. The van der Waals surface area contributed by atoms with Gasteiger partial charge in [0, 0.05) is 20.2 Å². The molecule has 2 atom stereocenters. The minimum Gasteiger partial charge on any atom is -0.383 e. The van der Waals surface area contributed by atoms with Crippen LogP contribution >= 0.6 is 0 Å². The molecule has 1 saturated heterocycles. The molecule has 0 aromatic rings. The fraction of sp³-hybridized carbons (Fsp3) is 1.00. The third kappa shape index (κ3) is 2.87. The summed E-state index contributed by atoms with van der Waals surface area (Å²) in [6.45, 7) is 3.45. The van der Waals surface area contributed by atoms with Crippen LogP contribution in [0.25, 0.3) is 0 Å². The lowest BCUT2D eigenvalue weighted by Crippen LogP contribution is -2.51. The molecule has 0 aromatic carbocycles. The van der Waals surface area contributed by atoms with Crippen LogP contribution in [0.15, 0.2) is 0 Å². The predicted octanol–water partition coefficient (Wildman–Crippen LogP) is 0.852. The zero-order valence-corrected chi connectivity index (χ0v) is 12.0. The highest BCUT2D eigenvalue weighted by Gasteiger charge is 2.37. The summed E-state index contributed by atoms with van der Waals surface area (Å²) in [5.74, 6) is 0.556. The van der Waals surface area contributed by atoms with Gasteiger partial charge in [-0.05, 0) is 25.7 Å². The highest BCUT2D eigenvalue weighted by molar-refractivity contribution is 7.89. The van der Waals surface area contributed by atoms with Crippen molar-refractivity contribution in [2.45, 2.75) is 37.5 Å². The van der Waals surface area contributed by atoms with Crippen LogP contribution < -0.4 is 0 Å². The van der Waals surface area contributed by atoms with E-state index in [-0.39, 0.29) is 12.7 Å². The normalized spacial score (nSPS) is 28.9. The molecule has 2 aliphatic rings. The van der Waals surface area contributed by atoms with Crippen molar-refractivity contribution in [3.05, 3.63) is 0 Å². The quantitative estimate of drug-likeness (QED) is 0.747. The van der Waals surface area contributed by atoms with Crippen LogP contribution in [0.1, 0.15) is 26.2 Å². The fourth-order valence-electron chi connectivity index (χ4n) is 2.55. The second-order valence-electron chi connectivity index (χ2n) is 5.27. The number of ether oxygens (including phenoxy) is 2. The topological polar surface area (TPSA) is 55.8 Å². The second kappa shape index (κ2) is 5.86. The summed E-state index contributed by atoms with van der Waals surface area (Å²) < 4.78 is 36.9.